The van der Waals surface area contributed by atoms with Gasteiger partial charge in [0.2, 0.25) is 5.91 Å². The normalized spacial score (nSPS) is 10.5. The molecule has 96 valence electrons. The first-order chi connectivity index (χ1) is 8.27. The van der Waals surface area contributed by atoms with Crippen LogP contribution in [-0.4, -0.2) is 28.5 Å². The fourth-order valence-electron chi connectivity index (χ4n) is 1.60. The molecule has 0 unspecified atom stereocenters. The molecule has 1 aromatic rings. The molecule has 0 aliphatic rings. The number of aryl methyl sites for hydroxylation is 1. The maximum Gasteiger partial charge on any atom is 0.221 e. The van der Waals surface area contributed by atoms with Crippen molar-refractivity contribution in [2.24, 2.45) is 0 Å². The SMILES string of the molecule is CCCNCc1cncn1CCC(=O)NCC. The van der Waals surface area contributed by atoms with Crippen LogP contribution in [-0.2, 0) is 17.9 Å². The van der Waals surface area contributed by atoms with Gasteiger partial charge in [-0.25, -0.2) is 4.98 Å². The van der Waals surface area contributed by atoms with Crippen molar-refractivity contribution in [1.82, 2.24) is 20.2 Å². The van der Waals surface area contributed by atoms with E-state index in [1.807, 2.05) is 17.7 Å². The zero-order valence-electron chi connectivity index (χ0n) is 10.7. The number of carbonyl (C=O) groups excluding carboxylic acids is 1. The van der Waals surface area contributed by atoms with E-state index in [0.717, 1.165) is 25.2 Å². The molecule has 0 aliphatic carbocycles. The Hall–Kier alpha value is -1.36. The van der Waals surface area contributed by atoms with Gasteiger partial charge in [-0.05, 0) is 19.9 Å². The molecule has 2 N–H and O–H groups in total. The first-order valence-corrected chi connectivity index (χ1v) is 6.24. The van der Waals surface area contributed by atoms with E-state index in [-0.39, 0.29) is 5.91 Å². The molecule has 0 saturated heterocycles. The van der Waals surface area contributed by atoms with Gasteiger partial charge >= 0.3 is 0 Å². The second-order valence-corrected chi connectivity index (χ2v) is 3.96. The van der Waals surface area contributed by atoms with E-state index in [4.69, 9.17) is 0 Å². The van der Waals surface area contributed by atoms with Crippen molar-refractivity contribution in [2.45, 2.75) is 39.8 Å². The third-order valence-electron chi connectivity index (χ3n) is 2.49. The molecule has 1 aromatic heterocycles. The van der Waals surface area contributed by atoms with Crippen molar-refractivity contribution in [1.29, 1.82) is 0 Å². The van der Waals surface area contributed by atoms with Crippen LogP contribution in [0.5, 0.6) is 0 Å². The second kappa shape index (κ2) is 7.84. The summed E-state index contributed by atoms with van der Waals surface area (Å²) >= 11 is 0. The van der Waals surface area contributed by atoms with Gasteiger partial charge in [0.05, 0.1) is 12.0 Å². The molecular weight excluding hydrogens is 216 g/mol. The Balaban J connectivity index is 2.37. The predicted octanol–water partition coefficient (Wildman–Crippen LogP) is 0.909. The number of imidazole rings is 1. The number of carbonyl (C=O) groups is 1. The molecule has 0 spiro atoms. The molecule has 0 bridgehead atoms. The standard InChI is InChI=1S/C12H22N4O/c1-3-6-13-8-11-9-14-10-16(11)7-5-12(17)15-4-2/h9-10,13H,3-8H2,1-2H3,(H,15,17). The summed E-state index contributed by atoms with van der Waals surface area (Å²) in [6.45, 7) is 7.25. The number of hydrogen-bond acceptors (Lipinski definition) is 3. The third kappa shape index (κ3) is 4.99. The summed E-state index contributed by atoms with van der Waals surface area (Å²) in [5.74, 6) is 0.0914. The lowest BCUT2D eigenvalue weighted by molar-refractivity contribution is -0.121. The summed E-state index contributed by atoms with van der Waals surface area (Å²) < 4.78 is 2.03. The van der Waals surface area contributed by atoms with Crippen molar-refractivity contribution >= 4 is 5.91 Å². The van der Waals surface area contributed by atoms with Gasteiger partial charge in [-0.3, -0.25) is 4.79 Å². The molecule has 0 fully saturated rings. The summed E-state index contributed by atoms with van der Waals surface area (Å²) in [5.41, 5.74) is 1.13. The average Bonchev–Trinajstić information content (AvgIpc) is 2.75. The largest absolute Gasteiger partial charge is 0.356 e. The molecule has 0 atom stereocenters. The first-order valence-electron chi connectivity index (χ1n) is 6.24. The van der Waals surface area contributed by atoms with Crippen LogP contribution in [0.1, 0.15) is 32.4 Å². The van der Waals surface area contributed by atoms with Crippen molar-refractivity contribution in [2.75, 3.05) is 13.1 Å². The van der Waals surface area contributed by atoms with Gasteiger partial charge in [-0.15, -0.1) is 0 Å². The van der Waals surface area contributed by atoms with Crippen LogP contribution >= 0.6 is 0 Å². The second-order valence-electron chi connectivity index (χ2n) is 3.96. The molecule has 0 aromatic carbocycles. The quantitative estimate of drug-likeness (QED) is 0.662. The van der Waals surface area contributed by atoms with Gasteiger partial charge in [0.15, 0.2) is 0 Å². The summed E-state index contributed by atoms with van der Waals surface area (Å²) in [5, 5.41) is 6.12. The number of rotatable bonds is 8. The predicted molar refractivity (Wildman–Crippen MR) is 67.5 cm³/mol. The first kappa shape index (κ1) is 13.7. The Morgan fingerprint density at radius 3 is 3.00 bits per heavy atom. The van der Waals surface area contributed by atoms with Crippen LogP contribution in [0.2, 0.25) is 0 Å². The number of nitrogens with one attached hydrogen (secondary N) is 2. The van der Waals surface area contributed by atoms with Crippen molar-refractivity contribution in [3.63, 3.8) is 0 Å². The van der Waals surface area contributed by atoms with Crippen molar-refractivity contribution in [3.05, 3.63) is 18.2 Å². The van der Waals surface area contributed by atoms with Crippen LogP contribution < -0.4 is 10.6 Å². The summed E-state index contributed by atoms with van der Waals surface area (Å²) in [4.78, 5) is 15.5. The van der Waals surface area contributed by atoms with E-state index < -0.39 is 0 Å². The molecule has 17 heavy (non-hydrogen) atoms. The highest BCUT2D eigenvalue weighted by Crippen LogP contribution is 2.00. The minimum atomic E-state index is 0.0914. The van der Waals surface area contributed by atoms with Gasteiger partial charge in [-0.2, -0.15) is 0 Å². The zero-order valence-corrected chi connectivity index (χ0v) is 10.7. The van der Waals surface area contributed by atoms with E-state index in [9.17, 15) is 4.79 Å². The fraction of sp³-hybridized carbons (Fsp3) is 0.667. The topological polar surface area (TPSA) is 59.0 Å². The average molecular weight is 238 g/mol. The summed E-state index contributed by atoms with van der Waals surface area (Å²) in [6, 6.07) is 0. The number of amides is 1. The highest BCUT2D eigenvalue weighted by molar-refractivity contribution is 5.75. The maximum atomic E-state index is 11.3. The van der Waals surface area contributed by atoms with Crippen LogP contribution in [0.4, 0.5) is 0 Å². The molecule has 5 nitrogen and oxygen atoms in total. The number of hydrogen-bond donors (Lipinski definition) is 2. The highest BCUT2D eigenvalue weighted by atomic mass is 16.1. The molecule has 0 aliphatic heterocycles. The van der Waals surface area contributed by atoms with Crippen molar-refractivity contribution in [3.8, 4) is 0 Å². The van der Waals surface area contributed by atoms with E-state index >= 15 is 0 Å². The monoisotopic (exact) mass is 238 g/mol. The maximum absolute atomic E-state index is 11.3. The van der Waals surface area contributed by atoms with Gasteiger partial charge < -0.3 is 15.2 Å². The lowest BCUT2D eigenvalue weighted by Gasteiger charge is -2.08. The van der Waals surface area contributed by atoms with Crippen LogP contribution in [0.15, 0.2) is 12.5 Å². The van der Waals surface area contributed by atoms with Gasteiger partial charge in [0, 0.05) is 32.3 Å². The molecular formula is C12H22N4O. The Labute approximate surface area is 103 Å². The Morgan fingerprint density at radius 2 is 2.29 bits per heavy atom. The van der Waals surface area contributed by atoms with Gasteiger partial charge in [0.25, 0.3) is 0 Å². The molecule has 1 amide bonds. The van der Waals surface area contributed by atoms with Crippen LogP contribution in [0, 0.1) is 0 Å². The Bertz CT molecular complexity index is 335. The lowest BCUT2D eigenvalue weighted by atomic mass is 10.3. The van der Waals surface area contributed by atoms with Crippen LogP contribution in [0.25, 0.3) is 0 Å². The van der Waals surface area contributed by atoms with E-state index in [1.54, 1.807) is 6.33 Å². The smallest absolute Gasteiger partial charge is 0.221 e. The Morgan fingerprint density at radius 1 is 1.47 bits per heavy atom. The van der Waals surface area contributed by atoms with E-state index in [1.165, 1.54) is 0 Å². The third-order valence-corrected chi connectivity index (χ3v) is 2.49. The number of nitrogens with zero attached hydrogens (tertiary/aromatic N) is 2. The van der Waals surface area contributed by atoms with Gasteiger partial charge in [0.1, 0.15) is 0 Å². The zero-order chi connectivity index (χ0) is 12.5. The van der Waals surface area contributed by atoms with Crippen LogP contribution in [0.3, 0.4) is 0 Å². The molecule has 1 rings (SSSR count). The molecule has 5 heteroatoms. The Kier molecular flexibility index (Phi) is 6.32. The minimum absolute atomic E-state index is 0.0914. The highest BCUT2D eigenvalue weighted by Gasteiger charge is 2.04. The minimum Gasteiger partial charge on any atom is -0.356 e. The van der Waals surface area contributed by atoms with Gasteiger partial charge in [-0.1, -0.05) is 6.92 Å². The summed E-state index contributed by atoms with van der Waals surface area (Å²) in [7, 11) is 0. The molecule has 0 radical (unpaired) electrons. The van der Waals surface area contributed by atoms with E-state index in [2.05, 4.69) is 22.5 Å². The van der Waals surface area contributed by atoms with E-state index in [0.29, 0.717) is 19.5 Å². The summed E-state index contributed by atoms with van der Waals surface area (Å²) in [6.07, 6.45) is 5.25. The van der Waals surface area contributed by atoms with Crippen molar-refractivity contribution < 1.29 is 4.79 Å². The lowest BCUT2D eigenvalue weighted by Crippen LogP contribution is -2.24. The number of aromatic nitrogens is 2. The molecule has 1 heterocycles. The molecule has 0 saturated carbocycles. The fourth-order valence-corrected chi connectivity index (χ4v) is 1.60.